The monoisotopic (exact) mass is 407 g/mol. The highest BCUT2D eigenvalue weighted by Crippen LogP contribution is 2.30. The Hall–Kier alpha value is -2.71. The van der Waals surface area contributed by atoms with E-state index in [-0.39, 0.29) is 17.3 Å². The van der Waals surface area contributed by atoms with Gasteiger partial charge in [0.1, 0.15) is 23.1 Å². The number of amidine groups is 1. The van der Waals surface area contributed by atoms with Crippen molar-refractivity contribution in [3.8, 4) is 0 Å². The summed E-state index contributed by atoms with van der Waals surface area (Å²) in [6.07, 6.45) is 0. The molecule has 9 heteroatoms. The molecule has 0 radical (unpaired) electrons. The summed E-state index contributed by atoms with van der Waals surface area (Å²) >= 11 is 5.84. The highest BCUT2D eigenvalue weighted by Gasteiger charge is 2.32. The summed E-state index contributed by atoms with van der Waals surface area (Å²) in [5.74, 6) is -0.764. The zero-order valence-corrected chi connectivity index (χ0v) is 15.7. The molecule has 0 aliphatic carbocycles. The van der Waals surface area contributed by atoms with Gasteiger partial charge in [0.25, 0.3) is 10.0 Å². The standard InChI is InChI=1S/C18H15ClFN3O3S/c1-11-17(12-2-4-13(19)5-3-12)27(25,26)23-18(11)21-10-16(24)22-15-8-6-14(20)7-9-15/h2-9H,10H2,1H3,(H,21,23)(H,22,24). The van der Waals surface area contributed by atoms with Crippen molar-refractivity contribution in [2.24, 2.45) is 4.99 Å². The van der Waals surface area contributed by atoms with Crippen molar-refractivity contribution in [2.45, 2.75) is 6.92 Å². The molecular formula is C18H15ClFN3O3S. The first-order chi connectivity index (χ1) is 12.8. The molecule has 140 valence electrons. The van der Waals surface area contributed by atoms with Crippen LogP contribution in [0.15, 0.2) is 59.1 Å². The summed E-state index contributed by atoms with van der Waals surface area (Å²) in [4.78, 5) is 16.1. The molecule has 1 amide bonds. The van der Waals surface area contributed by atoms with Gasteiger partial charge < -0.3 is 5.32 Å². The van der Waals surface area contributed by atoms with Crippen LogP contribution in [0.2, 0.25) is 5.02 Å². The molecule has 0 unspecified atom stereocenters. The highest BCUT2D eigenvalue weighted by atomic mass is 35.5. The lowest BCUT2D eigenvalue weighted by Crippen LogP contribution is -2.25. The number of nitrogens with one attached hydrogen (secondary N) is 2. The summed E-state index contributed by atoms with van der Waals surface area (Å²) in [5, 5.41) is 3.05. The molecule has 0 spiro atoms. The van der Waals surface area contributed by atoms with Gasteiger partial charge in [-0.25, -0.2) is 12.8 Å². The van der Waals surface area contributed by atoms with Crippen LogP contribution in [0.5, 0.6) is 0 Å². The third kappa shape index (κ3) is 4.35. The smallest absolute Gasteiger partial charge is 0.264 e. The number of benzene rings is 2. The molecule has 2 N–H and O–H groups in total. The molecule has 1 aliphatic rings. The fraction of sp³-hybridized carbons (Fsp3) is 0.111. The Morgan fingerprint density at radius 1 is 1.15 bits per heavy atom. The van der Waals surface area contributed by atoms with E-state index in [1.165, 1.54) is 24.3 Å². The summed E-state index contributed by atoms with van der Waals surface area (Å²) in [5.41, 5.74) is 1.31. The first kappa shape index (κ1) is 19.1. The van der Waals surface area contributed by atoms with Crippen LogP contribution < -0.4 is 10.0 Å². The lowest BCUT2D eigenvalue weighted by atomic mass is 10.1. The number of rotatable bonds is 4. The van der Waals surface area contributed by atoms with Gasteiger partial charge in [0.15, 0.2) is 0 Å². The van der Waals surface area contributed by atoms with Gasteiger partial charge in [0, 0.05) is 16.3 Å². The van der Waals surface area contributed by atoms with Crippen molar-refractivity contribution >= 4 is 44.0 Å². The first-order valence-corrected chi connectivity index (χ1v) is 9.72. The van der Waals surface area contributed by atoms with Crippen LogP contribution in [-0.2, 0) is 14.8 Å². The Morgan fingerprint density at radius 2 is 1.78 bits per heavy atom. The lowest BCUT2D eigenvalue weighted by Gasteiger charge is -2.04. The molecule has 0 fully saturated rings. The van der Waals surface area contributed by atoms with Crippen molar-refractivity contribution in [3.63, 3.8) is 0 Å². The number of carbonyl (C=O) groups excluding carboxylic acids is 1. The van der Waals surface area contributed by atoms with Gasteiger partial charge in [-0.15, -0.1) is 0 Å². The van der Waals surface area contributed by atoms with E-state index >= 15 is 0 Å². The van der Waals surface area contributed by atoms with Gasteiger partial charge in [-0.1, -0.05) is 23.7 Å². The summed E-state index contributed by atoms with van der Waals surface area (Å²) in [7, 11) is -3.78. The lowest BCUT2D eigenvalue weighted by molar-refractivity contribution is -0.114. The number of hydrogen-bond donors (Lipinski definition) is 2. The molecule has 0 bridgehead atoms. The molecule has 0 atom stereocenters. The minimum atomic E-state index is -3.78. The van der Waals surface area contributed by atoms with Crippen LogP contribution in [0, 0.1) is 5.82 Å². The maximum Gasteiger partial charge on any atom is 0.264 e. The zero-order chi connectivity index (χ0) is 19.6. The number of nitrogens with zero attached hydrogens (tertiary/aromatic N) is 1. The summed E-state index contributed by atoms with van der Waals surface area (Å²) < 4.78 is 40.1. The van der Waals surface area contributed by atoms with Crippen molar-refractivity contribution < 1.29 is 17.6 Å². The van der Waals surface area contributed by atoms with E-state index < -0.39 is 21.7 Å². The number of anilines is 1. The number of carbonyl (C=O) groups is 1. The Kier molecular flexibility index (Phi) is 5.29. The van der Waals surface area contributed by atoms with Gasteiger partial charge in [0.2, 0.25) is 5.91 Å². The Labute approximate surface area is 160 Å². The van der Waals surface area contributed by atoms with Crippen molar-refractivity contribution in [1.82, 2.24) is 4.72 Å². The van der Waals surface area contributed by atoms with Gasteiger partial charge in [-0.2, -0.15) is 0 Å². The zero-order valence-electron chi connectivity index (χ0n) is 14.2. The van der Waals surface area contributed by atoms with Crippen molar-refractivity contribution in [1.29, 1.82) is 0 Å². The van der Waals surface area contributed by atoms with E-state index in [2.05, 4.69) is 15.0 Å². The van der Waals surface area contributed by atoms with Crippen LogP contribution in [0.1, 0.15) is 12.5 Å². The molecule has 0 aromatic heterocycles. The topological polar surface area (TPSA) is 87.6 Å². The number of hydrogen-bond acceptors (Lipinski definition) is 4. The third-order valence-corrected chi connectivity index (χ3v) is 5.60. The van der Waals surface area contributed by atoms with E-state index in [1.807, 2.05) is 0 Å². The van der Waals surface area contributed by atoms with Gasteiger partial charge in [-0.05, 0) is 48.9 Å². The fourth-order valence-electron chi connectivity index (χ4n) is 2.57. The quantitative estimate of drug-likeness (QED) is 0.815. The summed E-state index contributed by atoms with van der Waals surface area (Å²) in [6, 6.07) is 11.7. The fourth-order valence-corrected chi connectivity index (χ4v) is 4.22. The second kappa shape index (κ2) is 7.50. The molecule has 3 rings (SSSR count). The normalized spacial score (nSPS) is 17.1. The largest absolute Gasteiger partial charge is 0.324 e. The number of halogens is 2. The number of amides is 1. The van der Waals surface area contributed by atoms with Gasteiger partial charge in [0.05, 0.1) is 0 Å². The maximum atomic E-state index is 12.9. The highest BCUT2D eigenvalue weighted by molar-refractivity contribution is 8.00. The van der Waals surface area contributed by atoms with Crippen molar-refractivity contribution in [2.75, 3.05) is 11.9 Å². The second-order valence-corrected chi connectivity index (χ2v) is 7.84. The van der Waals surface area contributed by atoms with Crippen LogP contribution in [-0.4, -0.2) is 26.7 Å². The van der Waals surface area contributed by atoms with Crippen LogP contribution >= 0.6 is 11.6 Å². The molecule has 2 aromatic rings. The average Bonchev–Trinajstić information content (AvgIpc) is 2.85. The summed E-state index contributed by atoms with van der Waals surface area (Å²) in [6.45, 7) is 1.32. The maximum absolute atomic E-state index is 12.9. The van der Waals surface area contributed by atoms with Gasteiger partial charge in [-0.3, -0.25) is 14.5 Å². The van der Waals surface area contributed by atoms with Gasteiger partial charge >= 0.3 is 0 Å². The molecule has 1 heterocycles. The minimum absolute atomic E-state index is 0.0943. The molecule has 1 aliphatic heterocycles. The molecule has 27 heavy (non-hydrogen) atoms. The Bertz CT molecular complexity index is 1050. The predicted octanol–water partition coefficient (Wildman–Crippen LogP) is 3.18. The van der Waals surface area contributed by atoms with E-state index in [1.54, 1.807) is 31.2 Å². The number of sulfonamides is 1. The van der Waals surface area contributed by atoms with E-state index in [0.717, 1.165) is 0 Å². The predicted molar refractivity (Wildman–Crippen MR) is 103 cm³/mol. The molecule has 6 nitrogen and oxygen atoms in total. The minimum Gasteiger partial charge on any atom is -0.324 e. The van der Waals surface area contributed by atoms with E-state index in [0.29, 0.717) is 21.8 Å². The second-order valence-electron chi connectivity index (χ2n) is 5.79. The first-order valence-electron chi connectivity index (χ1n) is 7.86. The van der Waals surface area contributed by atoms with Crippen LogP contribution in [0.4, 0.5) is 10.1 Å². The number of aliphatic imine (C=N–C) groups is 1. The SMILES string of the molecule is CC1=C(c2ccc(Cl)cc2)S(=O)(=O)NC1=NCC(=O)Nc1ccc(F)cc1. The van der Waals surface area contributed by atoms with Crippen molar-refractivity contribution in [3.05, 3.63) is 70.5 Å². The third-order valence-electron chi connectivity index (χ3n) is 3.81. The van der Waals surface area contributed by atoms with E-state index in [4.69, 9.17) is 11.6 Å². The Balaban J connectivity index is 1.79. The molecular weight excluding hydrogens is 393 g/mol. The molecule has 0 saturated carbocycles. The van der Waals surface area contributed by atoms with Crippen LogP contribution in [0.3, 0.4) is 0 Å². The average molecular weight is 408 g/mol. The van der Waals surface area contributed by atoms with Crippen LogP contribution in [0.25, 0.3) is 4.91 Å². The Morgan fingerprint density at radius 3 is 2.41 bits per heavy atom. The van der Waals surface area contributed by atoms with E-state index in [9.17, 15) is 17.6 Å². The molecule has 0 saturated heterocycles. The molecule has 2 aromatic carbocycles.